The summed E-state index contributed by atoms with van der Waals surface area (Å²) in [6.45, 7) is 3.35. The van der Waals surface area contributed by atoms with Crippen molar-refractivity contribution in [3.63, 3.8) is 0 Å². The van der Waals surface area contributed by atoms with Gasteiger partial charge in [0.1, 0.15) is 0 Å². The summed E-state index contributed by atoms with van der Waals surface area (Å²) >= 11 is 6.08. The second-order valence-electron chi connectivity index (χ2n) is 5.01. The molecule has 0 saturated carbocycles. The Kier molecular flexibility index (Phi) is 4.51. The minimum atomic E-state index is -0.924. The molecule has 0 spiro atoms. The summed E-state index contributed by atoms with van der Waals surface area (Å²) < 4.78 is 1.53. The van der Waals surface area contributed by atoms with Crippen molar-refractivity contribution in [2.45, 2.75) is 19.8 Å². The molecule has 1 atom stereocenters. The number of rotatable bonds is 4. The highest BCUT2D eigenvalue weighted by Gasteiger charge is 2.19. The van der Waals surface area contributed by atoms with Crippen molar-refractivity contribution in [3.05, 3.63) is 46.2 Å². The molecule has 1 unspecified atom stereocenters. The molecule has 1 aromatic carbocycles. The third kappa shape index (κ3) is 3.12. The van der Waals surface area contributed by atoms with Gasteiger partial charge < -0.3 is 10.4 Å². The zero-order valence-electron chi connectivity index (χ0n) is 12.4. The van der Waals surface area contributed by atoms with Gasteiger partial charge in [0.25, 0.3) is 5.91 Å². The van der Waals surface area contributed by atoms with Crippen LogP contribution in [0.15, 0.2) is 24.3 Å². The number of aryl methyl sites for hydroxylation is 1. The lowest BCUT2D eigenvalue weighted by molar-refractivity contribution is -0.138. The molecule has 0 radical (unpaired) electrons. The van der Waals surface area contributed by atoms with Crippen molar-refractivity contribution >= 4 is 29.2 Å². The zero-order chi connectivity index (χ0) is 16.4. The molecule has 7 heteroatoms. The number of halogens is 1. The van der Waals surface area contributed by atoms with E-state index in [0.717, 1.165) is 0 Å². The molecule has 116 valence electrons. The Balaban J connectivity index is 2.23. The first kappa shape index (κ1) is 16.0. The largest absolute Gasteiger partial charge is 0.481 e. The molecule has 1 amide bonds. The normalized spacial score (nSPS) is 12.0. The number of amides is 1. The van der Waals surface area contributed by atoms with Crippen LogP contribution in [0.4, 0.5) is 5.69 Å². The second kappa shape index (κ2) is 6.19. The number of nitrogens with one attached hydrogen (secondary N) is 1. The molecule has 2 N–H and O–H groups in total. The minimum absolute atomic E-state index is 0.137. The van der Waals surface area contributed by atoms with Gasteiger partial charge in [-0.2, -0.15) is 5.10 Å². The Hall–Kier alpha value is -2.34. The maximum Gasteiger partial charge on any atom is 0.310 e. The van der Waals surface area contributed by atoms with Crippen molar-refractivity contribution in [2.75, 3.05) is 5.32 Å². The number of benzene rings is 1. The molecule has 22 heavy (non-hydrogen) atoms. The molecular formula is C15H16ClN3O3. The highest BCUT2D eigenvalue weighted by molar-refractivity contribution is 6.34. The lowest BCUT2D eigenvalue weighted by Crippen LogP contribution is -2.14. The van der Waals surface area contributed by atoms with E-state index in [9.17, 15) is 9.59 Å². The highest BCUT2D eigenvalue weighted by Crippen LogP contribution is 2.22. The molecule has 6 nitrogen and oxygen atoms in total. The van der Waals surface area contributed by atoms with Crippen LogP contribution >= 0.6 is 11.6 Å². The van der Waals surface area contributed by atoms with Crippen molar-refractivity contribution in [1.82, 2.24) is 9.78 Å². The number of hydrogen-bond acceptors (Lipinski definition) is 3. The second-order valence-corrected chi connectivity index (χ2v) is 5.39. The Morgan fingerprint density at radius 1 is 1.41 bits per heavy atom. The average Bonchev–Trinajstić information content (AvgIpc) is 2.74. The third-order valence-corrected chi connectivity index (χ3v) is 3.94. The first-order valence-electron chi connectivity index (χ1n) is 6.64. The van der Waals surface area contributed by atoms with Gasteiger partial charge in [-0.05, 0) is 31.5 Å². The zero-order valence-corrected chi connectivity index (χ0v) is 13.2. The van der Waals surface area contributed by atoms with Gasteiger partial charge in [-0.15, -0.1) is 0 Å². The summed E-state index contributed by atoms with van der Waals surface area (Å²) in [7, 11) is 1.70. The maximum absolute atomic E-state index is 12.2. The van der Waals surface area contributed by atoms with Gasteiger partial charge in [0, 0.05) is 12.7 Å². The predicted molar refractivity (Wildman–Crippen MR) is 83.4 cm³/mol. The first-order chi connectivity index (χ1) is 10.3. The first-order valence-corrected chi connectivity index (χ1v) is 7.02. The molecule has 1 heterocycles. The summed E-state index contributed by atoms with van der Waals surface area (Å²) in [5, 5.41) is 16.1. The standard InChI is InChI=1S/C15H16ClN3O3/c1-8(15(21)22)10-5-4-6-11(7-10)17-14(20)13-12(16)9(2)19(3)18-13/h4-8H,1-3H3,(H,17,20)(H,21,22). The molecule has 2 aromatic rings. The van der Waals surface area contributed by atoms with E-state index in [2.05, 4.69) is 10.4 Å². The quantitative estimate of drug-likeness (QED) is 0.907. The number of carboxylic acids is 1. The van der Waals surface area contributed by atoms with Crippen molar-refractivity contribution in [1.29, 1.82) is 0 Å². The number of carbonyl (C=O) groups excluding carboxylic acids is 1. The number of anilines is 1. The van der Waals surface area contributed by atoms with Gasteiger partial charge in [0.05, 0.1) is 16.6 Å². The third-order valence-electron chi connectivity index (χ3n) is 3.49. The van der Waals surface area contributed by atoms with E-state index < -0.39 is 17.8 Å². The predicted octanol–water partition coefficient (Wildman–Crippen LogP) is 2.82. The van der Waals surface area contributed by atoms with Gasteiger partial charge in [-0.3, -0.25) is 14.3 Å². The molecule has 0 fully saturated rings. The lowest BCUT2D eigenvalue weighted by Gasteiger charge is -2.09. The average molecular weight is 322 g/mol. The monoisotopic (exact) mass is 321 g/mol. The summed E-state index contributed by atoms with van der Waals surface area (Å²) in [6.07, 6.45) is 0. The topological polar surface area (TPSA) is 84.2 Å². The fraction of sp³-hybridized carbons (Fsp3) is 0.267. The van der Waals surface area contributed by atoms with Gasteiger partial charge in [0.15, 0.2) is 5.69 Å². The smallest absolute Gasteiger partial charge is 0.310 e. The van der Waals surface area contributed by atoms with Crippen LogP contribution in [0.2, 0.25) is 5.02 Å². The van der Waals surface area contributed by atoms with Crippen LogP contribution in [0.1, 0.15) is 34.6 Å². The fourth-order valence-electron chi connectivity index (χ4n) is 1.95. The van der Waals surface area contributed by atoms with Gasteiger partial charge >= 0.3 is 5.97 Å². The molecule has 1 aromatic heterocycles. The summed E-state index contributed by atoms with van der Waals surface area (Å²) in [6, 6.07) is 6.70. The Morgan fingerprint density at radius 2 is 2.09 bits per heavy atom. The summed E-state index contributed by atoms with van der Waals surface area (Å²) in [5.41, 5.74) is 1.93. The lowest BCUT2D eigenvalue weighted by atomic mass is 10.0. The van der Waals surface area contributed by atoms with Crippen LogP contribution in [0, 0.1) is 6.92 Å². The molecular weight excluding hydrogens is 306 g/mol. The summed E-state index contributed by atoms with van der Waals surface area (Å²) in [5.74, 6) is -2.02. The number of hydrogen-bond donors (Lipinski definition) is 2. The van der Waals surface area contributed by atoms with Crippen LogP contribution in [-0.2, 0) is 11.8 Å². The van der Waals surface area contributed by atoms with Crippen molar-refractivity contribution in [2.24, 2.45) is 7.05 Å². The minimum Gasteiger partial charge on any atom is -0.481 e. The number of carbonyl (C=O) groups is 2. The SMILES string of the molecule is Cc1c(Cl)c(C(=O)Nc2cccc(C(C)C(=O)O)c2)nn1C. The van der Waals surface area contributed by atoms with Crippen molar-refractivity contribution < 1.29 is 14.7 Å². The number of aliphatic carboxylic acids is 1. The van der Waals surface area contributed by atoms with Gasteiger partial charge in [-0.25, -0.2) is 0 Å². The van der Waals surface area contributed by atoms with Crippen molar-refractivity contribution in [3.8, 4) is 0 Å². The number of carboxylic acid groups (broad SMARTS) is 1. The molecule has 0 aliphatic carbocycles. The maximum atomic E-state index is 12.2. The van der Waals surface area contributed by atoms with Gasteiger partial charge in [-0.1, -0.05) is 23.7 Å². The highest BCUT2D eigenvalue weighted by atomic mass is 35.5. The van der Waals surface area contributed by atoms with E-state index in [-0.39, 0.29) is 5.69 Å². The molecule has 0 aliphatic heterocycles. The van der Waals surface area contributed by atoms with Crippen LogP contribution < -0.4 is 5.32 Å². The molecule has 0 bridgehead atoms. The van der Waals surface area contributed by atoms with Crippen LogP contribution in [-0.4, -0.2) is 26.8 Å². The van der Waals surface area contributed by atoms with E-state index in [4.69, 9.17) is 16.7 Å². The van der Waals surface area contributed by atoms with Crippen LogP contribution in [0.25, 0.3) is 0 Å². The van der Waals surface area contributed by atoms with Gasteiger partial charge in [0.2, 0.25) is 0 Å². The van der Waals surface area contributed by atoms with Crippen LogP contribution in [0.5, 0.6) is 0 Å². The summed E-state index contributed by atoms with van der Waals surface area (Å²) in [4.78, 5) is 23.2. The van der Waals surface area contributed by atoms with E-state index in [1.165, 1.54) is 4.68 Å². The molecule has 0 aliphatic rings. The Bertz CT molecular complexity index is 740. The van der Waals surface area contributed by atoms with E-state index >= 15 is 0 Å². The Morgan fingerprint density at radius 3 is 2.64 bits per heavy atom. The van der Waals surface area contributed by atoms with E-state index in [0.29, 0.717) is 22.0 Å². The van der Waals surface area contributed by atoms with Crippen LogP contribution in [0.3, 0.4) is 0 Å². The molecule has 0 saturated heterocycles. The molecule has 2 rings (SSSR count). The number of nitrogens with zero attached hydrogens (tertiary/aromatic N) is 2. The number of aromatic nitrogens is 2. The van der Waals surface area contributed by atoms with E-state index in [1.807, 2.05) is 0 Å². The van der Waals surface area contributed by atoms with E-state index in [1.54, 1.807) is 45.2 Å². The fourth-order valence-corrected chi connectivity index (χ4v) is 2.19. The Labute approximate surface area is 132 Å².